The number of phosphoric ester groups is 1. The van der Waals surface area contributed by atoms with Crippen LogP contribution in [0.15, 0.2) is 27.9 Å². The third kappa shape index (κ3) is 5.07. The summed E-state index contributed by atoms with van der Waals surface area (Å²) < 4.78 is 36.4. The second-order valence-electron chi connectivity index (χ2n) is 4.77. The summed E-state index contributed by atoms with van der Waals surface area (Å²) in [6.45, 7) is 0.938. The molecule has 1 aromatic heterocycles. The van der Waals surface area contributed by atoms with Crippen molar-refractivity contribution in [1.82, 2.24) is 9.55 Å². The van der Waals surface area contributed by atoms with Gasteiger partial charge in [-0.2, -0.15) is 4.31 Å². The van der Waals surface area contributed by atoms with E-state index in [4.69, 9.17) is 19.4 Å². The molecule has 134 valence electrons. The highest BCUT2D eigenvalue weighted by atomic mass is 31.3. The number of nitrogens with one attached hydrogen (secondary N) is 1. The minimum Gasteiger partial charge on any atom is -0.344 e. The maximum atomic E-state index is 11.7. The Bertz CT molecular complexity index is 852. The summed E-state index contributed by atoms with van der Waals surface area (Å²) in [5.74, 6) is 0. The van der Waals surface area contributed by atoms with E-state index in [2.05, 4.69) is 13.8 Å². The quantitative estimate of drug-likeness (QED) is 0.370. The molecule has 3 atom stereocenters. The fourth-order valence-electron chi connectivity index (χ4n) is 1.84. The molecule has 0 aliphatic carbocycles. The summed E-state index contributed by atoms with van der Waals surface area (Å²) in [5.41, 5.74) is -0.963. The van der Waals surface area contributed by atoms with E-state index in [0.29, 0.717) is 0 Å². The topological polar surface area (TPSA) is 177 Å². The molecule has 0 saturated heterocycles. The molecule has 2 unspecified atom stereocenters. The Kier molecular flexibility index (Phi) is 5.43. The fraction of sp³-hybridized carbons (Fsp3) is 0.400. The molecule has 2 rings (SSSR count). The molecule has 0 fully saturated rings. The number of ether oxygens (including phenoxy) is 1. The predicted molar refractivity (Wildman–Crippen MR) is 78.0 cm³/mol. The molecule has 0 amide bonds. The van der Waals surface area contributed by atoms with Crippen molar-refractivity contribution >= 4 is 15.6 Å². The zero-order valence-corrected chi connectivity index (χ0v) is 13.9. The van der Waals surface area contributed by atoms with E-state index < -0.39 is 45.8 Å². The van der Waals surface area contributed by atoms with Gasteiger partial charge < -0.3 is 19.4 Å². The Morgan fingerprint density at radius 1 is 1.29 bits per heavy atom. The van der Waals surface area contributed by atoms with Crippen LogP contribution >= 0.6 is 15.6 Å². The van der Waals surface area contributed by atoms with Crippen LogP contribution in [0.3, 0.4) is 0 Å². The lowest BCUT2D eigenvalue weighted by Crippen LogP contribution is -2.33. The molecule has 12 nitrogen and oxygen atoms in total. The molecular weight excluding hydrogens is 370 g/mol. The van der Waals surface area contributed by atoms with Crippen LogP contribution in [-0.4, -0.2) is 36.9 Å². The van der Waals surface area contributed by atoms with Crippen LogP contribution in [0.2, 0.25) is 0 Å². The Hall–Kier alpha value is -1.36. The van der Waals surface area contributed by atoms with E-state index in [1.165, 1.54) is 25.3 Å². The highest BCUT2D eigenvalue weighted by Crippen LogP contribution is 2.57. The van der Waals surface area contributed by atoms with Crippen molar-refractivity contribution in [3.05, 3.63) is 44.8 Å². The maximum absolute atomic E-state index is 11.7. The van der Waals surface area contributed by atoms with Crippen LogP contribution in [0, 0.1) is 6.92 Å². The molecular formula is C10H14N2O10P2. The van der Waals surface area contributed by atoms with Gasteiger partial charge in [-0.25, -0.2) is 13.9 Å². The fourth-order valence-corrected chi connectivity index (χ4v) is 3.44. The van der Waals surface area contributed by atoms with Gasteiger partial charge in [-0.05, 0) is 13.0 Å². The third-order valence-corrected chi connectivity index (χ3v) is 4.99. The largest absolute Gasteiger partial charge is 0.481 e. The van der Waals surface area contributed by atoms with Crippen LogP contribution in [0.5, 0.6) is 0 Å². The third-order valence-electron chi connectivity index (χ3n) is 2.84. The molecule has 2 heterocycles. The summed E-state index contributed by atoms with van der Waals surface area (Å²) in [7, 11) is -10.2. The van der Waals surface area contributed by atoms with Gasteiger partial charge in [0.15, 0.2) is 6.23 Å². The molecule has 0 spiro atoms. The van der Waals surface area contributed by atoms with Crippen LogP contribution in [0.1, 0.15) is 11.8 Å². The number of hydrogen-bond acceptors (Lipinski definition) is 7. The minimum absolute atomic E-state index is 0.279. The van der Waals surface area contributed by atoms with Gasteiger partial charge in [0.2, 0.25) is 0 Å². The normalized spacial score (nSPS) is 23.3. The Labute approximate surface area is 134 Å². The molecule has 1 aliphatic heterocycles. The summed E-state index contributed by atoms with van der Waals surface area (Å²) in [6.07, 6.45) is 2.37. The summed E-state index contributed by atoms with van der Waals surface area (Å²) in [6, 6.07) is 0. The van der Waals surface area contributed by atoms with E-state index >= 15 is 0 Å². The van der Waals surface area contributed by atoms with Gasteiger partial charge in [0.1, 0.15) is 6.10 Å². The lowest BCUT2D eigenvalue weighted by molar-refractivity contribution is -0.0105. The number of rotatable bonds is 6. The number of nitrogens with zero attached hydrogens (tertiary/aromatic N) is 1. The summed E-state index contributed by atoms with van der Waals surface area (Å²) in [4.78, 5) is 51.2. The number of hydrogen-bond donors (Lipinski definition) is 4. The lowest BCUT2D eigenvalue weighted by atomic mass is 10.3. The van der Waals surface area contributed by atoms with E-state index in [0.717, 1.165) is 4.57 Å². The van der Waals surface area contributed by atoms with Gasteiger partial charge in [0.05, 0.1) is 6.61 Å². The van der Waals surface area contributed by atoms with Crippen LogP contribution in [-0.2, 0) is 22.7 Å². The van der Waals surface area contributed by atoms with Gasteiger partial charge in [-0.3, -0.25) is 18.9 Å². The average molecular weight is 384 g/mol. The van der Waals surface area contributed by atoms with E-state index in [1.807, 2.05) is 0 Å². The zero-order valence-electron chi connectivity index (χ0n) is 12.1. The molecule has 1 aromatic rings. The molecule has 0 radical (unpaired) electrons. The van der Waals surface area contributed by atoms with Crippen molar-refractivity contribution in [2.24, 2.45) is 0 Å². The second kappa shape index (κ2) is 6.87. The maximum Gasteiger partial charge on any atom is 0.481 e. The minimum atomic E-state index is -5.20. The molecule has 1 aliphatic rings. The first-order chi connectivity index (χ1) is 11.0. The number of aromatic nitrogens is 2. The van der Waals surface area contributed by atoms with Gasteiger partial charge in [0.25, 0.3) is 5.56 Å². The molecule has 0 saturated carbocycles. The van der Waals surface area contributed by atoms with Crippen LogP contribution in [0.25, 0.3) is 0 Å². The Balaban J connectivity index is 2.00. The van der Waals surface area contributed by atoms with Crippen molar-refractivity contribution in [3.8, 4) is 0 Å². The number of aryl methyl sites for hydroxylation is 1. The monoisotopic (exact) mass is 384 g/mol. The van der Waals surface area contributed by atoms with E-state index in [1.54, 1.807) is 0 Å². The number of H-pyrrole nitrogens is 1. The van der Waals surface area contributed by atoms with Crippen molar-refractivity contribution in [3.63, 3.8) is 0 Å². The smallest absolute Gasteiger partial charge is 0.344 e. The molecule has 4 N–H and O–H groups in total. The molecule has 24 heavy (non-hydrogen) atoms. The predicted octanol–water partition coefficient (Wildman–Crippen LogP) is -0.475. The Morgan fingerprint density at radius 3 is 2.58 bits per heavy atom. The first-order valence-corrected chi connectivity index (χ1v) is 9.39. The van der Waals surface area contributed by atoms with Gasteiger partial charge in [-0.1, -0.05) is 6.08 Å². The average Bonchev–Trinajstić information content (AvgIpc) is 2.87. The Morgan fingerprint density at radius 2 is 1.96 bits per heavy atom. The van der Waals surface area contributed by atoms with Crippen molar-refractivity contribution in [2.75, 3.05) is 6.61 Å². The van der Waals surface area contributed by atoms with Crippen molar-refractivity contribution in [2.45, 2.75) is 19.3 Å². The molecule has 14 heteroatoms. The number of phosphoric acid groups is 2. The first-order valence-electron chi connectivity index (χ1n) is 6.37. The van der Waals surface area contributed by atoms with Gasteiger partial charge in [-0.15, -0.1) is 0 Å². The number of aromatic amines is 1. The summed E-state index contributed by atoms with van der Waals surface area (Å²) >= 11 is 0. The molecule has 0 aromatic carbocycles. The van der Waals surface area contributed by atoms with Gasteiger partial charge >= 0.3 is 21.3 Å². The van der Waals surface area contributed by atoms with E-state index in [9.17, 15) is 18.7 Å². The van der Waals surface area contributed by atoms with Crippen LogP contribution < -0.4 is 11.2 Å². The van der Waals surface area contributed by atoms with Gasteiger partial charge in [0, 0.05) is 11.8 Å². The van der Waals surface area contributed by atoms with Crippen molar-refractivity contribution < 1.29 is 37.4 Å². The SMILES string of the molecule is Cc1cn([C@H]2C=CC(COP(=O)(O)OP(=O)(O)O)O2)c(=O)[nH]c1=O. The summed E-state index contributed by atoms with van der Waals surface area (Å²) in [5, 5.41) is 0. The van der Waals surface area contributed by atoms with Crippen molar-refractivity contribution in [1.29, 1.82) is 0 Å². The van der Waals surface area contributed by atoms with Crippen LogP contribution in [0.4, 0.5) is 0 Å². The molecule has 0 bridgehead atoms. The highest BCUT2D eigenvalue weighted by Gasteiger charge is 2.34. The second-order valence-corrected chi connectivity index (χ2v) is 7.59. The first kappa shape index (κ1) is 19.0. The van der Waals surface area contributed by atoms with E-state index in [-0.39, 0.29) is 5.56 Å². The highest BCUT2D eigenvalue weighted by molar-refractivity contribution is 7.60. The lowest BCUT2D eigenvalue weighted by Gasteiger charge is -2.18. The zero-order chi connectivity index (χ0) is 18.1. The standard InChI is InChI=1S/C10H14N2O10P2/c1-6-4-12(10(14)11-9(6)13)8-3-2-7(21-8)5-20-24(18,19)22-23(15,16)17/h2-4,7-8H,5H2,1H3,(H,18,19)(H,11,13,14)(H2,15,16,17)/t7?,8-/m1/s1.